The average molecular weight is 303 g/mol. The lowest BCUT2D eigenvalue weighted by molar-refractivity contribution is -0.137. The number of ether oxygens (including phenoxy) is 1. The number of hydrogen-bond acceptors (Lipinski definition) is 2. The first-order valence-electron chi connectivity index (χ1n) is 6.86. The fraction of sp³-hybridized carbons (Fsp3) is 0.235. The molecule has 2 aromatic rings. The molecule has 0 radical (unpaired) electrons. The molecule has 108 valence electrons. The highest BCUT2D eigenvalue weighted by molar-refractivity contribution is 6.30. The van der Waals surface area contributed by atoms with Gasteiger partial charge in [-0.05, 0) is 34.9 Å². The Hall–Kier alpha value is -2.00. The lowest BCUT2D eigenvalue weighted by Gasteiger charge is -2.17. The second kappa shape index (κ2) is 5.78. The smallest absolute Gasteiger partial charge is 0.304 e. The third-order valence-corrected chi connectivity index (χ3v) is 4.02. The summed E-state index contributed by atoms with van der Waals surface area (Å²) in [4.78, 5) is 11.2. The number of fused-ring (bicyclic) bond motifs is 1. The van der Waals surface area contributed by atoms with Gasteiger partial charge in [-0.2, -0.15) is 0 Å². The largest absolute Gasteiger partial charge is 0.493 e. The first-order chi connectivity index (χ1) is 10.1. The third-order valence-electron chi connectivity index (χ3n) is 3.77. The average Bonchev–Trinajstić information content (AvgIpc) is 2.93. The SMILES string of the molecule is O=C(O)C[C@@H](c1ccc(Cl)cc1)c1ccc2c(c1)CCO2. The molecule has 0 spiro atoms. The zero-order valence-electron chi connectivity index (χ0n) is 11.4. The van der Waals surface area contributed by atoms with E-state index in [2.05, 4.69) is 6.07 Å². The quantitative estimate of drug-likeness (QED) is 0.932. The molecular weight excluding hydrogens is 288 g/mol. The van der Waals surface area contributed by atoms with Crippen molar-refractivity contribution in [2.45, 2.75) is 18.8 Å². The third kappa shape index (κ3) is 3.03. The van der Waals surface area contributed by atoms with Crippen LogP contribution in [0, 0.1) is 0 Å². The highest BCUT2D eigenvalue weighted by Gasteiger charge is 2.21. The Morgan fingerprint density at radius 3 is 2.62 bits per heavy atom. The summed E-state index contributed by atoms with van der Waals surface area (Å²) in [6.07, 6.45) is 0.935. The van der Waals surface area contributed by atoms with E-state index in [1.165, 1.54) is 0 Å². The number of carboxylic acid groups (broad SMARTS) is 1. The van der Waals surface area contributed by atoms with Gasteiger partial charge in [-0.3, -0.25) is 4.79 Å². The summed E-state index contributed by atoms with van der Waals surface area (Å²) in [5.41, 5.74) is 3.11. The van der Waals surface area contributed by atoms with Gasteiger partial charge in [0.1, 0.15) is 5.75 Å². The molecule has 3 rings (SSSR count). The van der Waals surface area contributed by atoms with Crippen LogP contribution in [-0.4, -0.2) is 17.7 Å². The molecule has 1 heterocycles. The first-order valence-corrected chi connectivity index (χ1v) is 7.24. The standard InChI is InChI=1S/C17H15ClO3/c18-14-4-1-11(2-5-14)15(10-17(19)20)12-3-6-16-13(9-12)7-8-21-16/h1-6,9,15H,7-8,10H2,(H,19,20)/t15-/m0/s1. The second-order valence-electron chi connectivity index (χ2n) is 5.17. The molecule has 0 aliphatic carbocycles. The normalized spacial score (nSPS) is 14.3. The zero-order valence-corrected chi connectivity index (χ0v) is 12.1. The van der Waals surface area contributed by atoms with Crippen LogP contribution in [0.2, 0.25) is 5.02 Å². The number of carboxylic acids is 1. The Balaban J connectivity index is 1.99. The summed E-state index contributed by atoms with van der Waals surface area (Å²) < 4.78 is 5.50. The van der Waals surface area contributed by atoms with Crippen LogP contribution in [-0.2, 0) is 11.2 Å². The number of hydrogen-bond donors (Lipinski definition) is 1. The maximum atomic E-state index is 11.2. The molecule has 4 heteroatoms. The maximum absolute atomic E-state index is 11.2. The van der Waals surface area contributed by atoms with Gasteiger partial charge in [0.25, 0.3) is 0 Å². The summed E-state index contributed by atoms with van der Waals surface area (Å²) in [6.45, 7) is 0.698. The van der Waals surface area contributed by atoms with Crippen LogP contribution in [0.5, 0.6) is 5.75 Å². The highest BCUT2D eigenvalue weighted by Crippen LogP contribution is 2.34. The maximum Gasteiger partial charge on any atom is 0.304 e. The van der Waals surface area contributed by atoms with Crippen molar-refractivity contribution in [1.82, 2.24) is 0 Å². The van der Waals surface area contributed by atoms with Crippen molar-refractivity contribution in [2.24, 2.45) is 0 Å². The van der Waals surface area contributed by atoms with Gasteiger partial charge in [0.15, 0.2) is 0 Å². The predicted molar refractivity (Wildman–Crippen MR) is 81.2 cm³/mol. The minimum Gasteiger partial charge on any atom is -0.493 e. The molecule has 0 saturated heterocycles. The minimum atomic E-state index is -0.813. The van der Waals surface area contributed by atoms with E-state index in [-0.39, 0.29) is 12.3 Å². The molecule has 0 bridgehead atoms. The highest BCUT2D eigenvalue weighted by atomic mass is 35.5. The summed E-state index contributed by atoms with van der Waals surface area (Å²) in [5.74, 6) is -0.0821. The predicted octanol–water partition coefficient (Wildman–Crippen LogP) is 3.88. The van der Waals surface area contributed by atoms with Crippen molar-refractivity contribution in [1.29, 1.82) is 0 Å². The van der Waals surface area contributed by atoms with E-state index in [9.17, 15) is 9.90 Å². The number of aliphatic carboxylic acids is 1. The van der Waals surface area contributed by atoms with Gasteiger partial charge in [0, 0.05) is 17.4 Å². The first kappa shape index (κ1) is 14.0. The van der Waals surface area contributed by atoms with Crippen LogP contribution < -0.4 is 4.74 Å². The number of rotatable bonds is 4. The van der Waals surface area contributed by atoms with Crippen LogP contribution >= 0.6 is 11.6 Å². The Morgan fingerprint density at radius 1 is 1.19 bits per heavy atom. The van der Waals surface area contributed by atoms with Crippen molar-refractivity contribution in [3.05, 3.63) is 64.2 Å². The number of carbonyl (C=O) groups is 1. The fourth-order valence-corrected chi connectivity index (χ4v) is 2.85. The molecule has 0 saturated carbocycles. The van der Waals surface area contributed by atoms with Crippen molar-refractivity contribution >= 4 is 17.6 Å². The van der Waals surface area contributed by atoms with E-state index < -0.39 is 5.97 Å². The Morgan fingerprint density at radius 2 is 1.90 bits per heavy atom. The van der Waals surface area contributed by atoms with E-state index in [4.69, 9.17) is 16.3 Å². The monoisotopic (exact) mass is 302 g/mol. The zero-order chi connectivity index (χ0) is 14.8. The number of benzene rings is 2. The molecule has 3 nitrogen and oxygen atoms in total. The van der Waals surface area contributed by atoms with Gasteiger partial charge in [0.2, 0.25) is 0 Å². The van der Waals surface area contributed by atoms with Crippen molar-refractivity contribution in [3.63, 3.8) is 0 Å². The van der Waals surface area contributed by atoms with Gasteiger partial charge in [-0.15, -0.1) is 0 Å². The van der Waals surface area contributed by atoms with Crippen LogP contribution in [0.15, 0.2) is 42.5 Å². The molecule has 0 unspecified atom stereocenters. The van der Waals surface area contributed by atoms with E-state index >= 15 is 0 Å². The summed E-state index contributed by atoms with van der Waals surface area (Å²) in [6, 6.07) is 13.3. The van der Waals surface area contributed by atoms with Crippen molar-refractivity contribution in [3.8, 4) is 5.75 Å². The molecular formula is C17H15ClO3. The summed E-state index contributed by atoms with van der Waals surface area (Å²) >= 11 is 5.91. The van der Waals surface area contributed by atoms with Crippen LogP contribution in [0.4, 0.5) is 0 Å². The van der Waals surface area contributed by atoms with E-state index in [0.717, 1.165) is 28.9 Å². The van der Waals surface area contributed by atoms with Crippen LogP contribution in [0.3, 0.4) is 0 Å². The van der Waals surface area contributed by atoms with Crippen molar-refractivity contribution < 1.29 is 14.6 Å². The molecule has 1 aliphatic rings. The van der Waals surface area contributed by atoms with Crippen LogP contribution in [0.25, 0.3) is 0 Å². The molecule has 0 amide bonds. The molecule has 1 atom stereocenters. The summed E-state index contributed by atoms with van der Waals surface area (Å²) in [5, 5.41) is 9.85. The molecule has 21 heavy (non-hydrogen) atoms. The van der Waals surface area contributed by atoms with E-state index in [0.29, 0.717) is 11.6 Å². The van der Waals surface area contributed by atoms with Crippen molar-refractivity contribution in [2.75, 3.05) is 6.61 Å². The lowest BCUT2D eigenvalue weighted by atomic mass is 9.87. The van der Waals surface area contributed by atoms with Gasteiger partial charge >= 0.3 is 5.97 Å². The van der Waals surface area contributed by atoms with Gasteiger partial charge in [0.05, 0.1) is 13.0 Å². The van der Waals surface area contributed by atoms with Gasteiger partial charge < -0.3 is 9.84 Å². The Kier molecular flexibility index (Phi) is 3.84. The second-order valence-corrected chi connectivity index (χ2v) is 5.60. The van der Waals surface area contributed by atoms with Gasteiger partial charge in [-0.1, -0.05) is 35.9 Å². The van der Waals surface area contributed by atoms with Crippen LogP contribution in [0.1, 0.15) is 29.0 Å². The molecule has 1 N–H and O–H groups in total. The Labute approximate surface area is 128 Å². The lowest BCUT2D eigenvalue weighted by Crippen LogP contribution is -2.08. The minimum absolute atomic E-state index is 0.0568. The summed E-state index contributed by atoms with van der Waals surface area (Å²) in [7, 11) is 0. The fourth-order valence-electron chi connectivity index (χ4n) is 2.72. The molecule has 0 aromatic heterocycles. The topological polar surface area (TPSA) is 46.5 Å². The van der Waals surface area contributed by atoms with E-state index in [1.54, 1.807) is 12.1 Å². The molecule has 1 aliphatic heterocycles. The van der Waals surface area contributed by atoms with E-state index in [1.807, 2.05) is 24.3 Å². The molecule has 0 fully saturated rings. The Bertz CT molecular complexity index is 664. The number of halogens is 1. The van der Waals surface area contributed by atoms with Gasteiger partial charge in [-0.25, -0.2) is 0 Å². The molecule has 2 aromatic carbocycles.